The van der Waals surface area contributed by atoms with E-state index in [9.17, 15) is 0 Å². The maximum absolute atomic E-state index is 5.90. The highest BCUT2D eigenvalue weighted by Crippen LogP contribution is 2.31. The number of rotatable bonds is 14. The summed E-state index contributed by atoms with van der Waals surface area (Å²) in [7, 11) is 1.64. The van der Waals surface area contributed by atoms with E-state index in [4.69, 9.17) is 13.3 Å². The van der Waals surface area contributed by atoms with E-state index < -0.39 is 8.80 Å². The van der Waals surface area contributed by atoms with Crippen molar-refractivity contribution in [3.05, 3.63) is 0 Å². The van der Waals surface area contributed by atoms with E-state index in [0.29, 0.717) is 19.8 Å². The summed E-state index contributed by atoms with van der Waals surface area (Å²) in [5.41, 5.74) is 0. The van der Waals surface area contributed by atoms with Crippen LogP contribution in [0.25, 0.3) is 0 Å². The van der Waals surface area contributed by atoms with Gasteiger partial charge in [0.1, 0.15) is 0 Å². The second-order valence-electron chi connectivity index (χ2n) is 6.02. The lowest BCUT2D eigenvalue weighted by molar-refractivity contribution is 0.0712. The topological polar surface area (TPSA) is 27.7 Å². The zero-order chi connectivity index (χ0) is 16.8. The van der Waals surface area contributed by atoms with Crippen LogP contribution in [0.2, 0.25) is 6.04 Å². The van der Waals surface area contributed by atoms with Crippen LogP contribution in [0.1, 0.15) is 65.7 Å². The normalized spacial score (nSPS) is 16.8. The molecule has 0 unspecified atom stereocenters. The minimum absolute atomic E-state index is 0.676. The third-order valence-corrected chi connectivity index (χ3v) is 9.90. The minimum Gasteiger partial charge on any atom is -0.374 e. The van der Waals surface area contributed by atoms with Gasteiger partial charge in [0.2, 0.25) is 0 Å². The molecular formula is C17H36O3S2Si. The van der Waals surface area contributed by atoms with Gasteiger partial charge in [0.05, 0.1) is 0 Å². The molecule has 0 spiro atoms. The Labute approximate surface area is 152 Å². The summed E-state index contributed by atoms with van der Waals surface area (Å²) in [5, 5.41) is 0. The Kier molecular flexibility index (Phi) is 13.3. The highest BCUT2D eigenvalue weighted by Gasteiger charge is 2.39. The van der Waals surface area contributed by atoms with Gasteiger partial charge in [-0.15, -0.1) is 0 Å². The van der Waals surface area contributed by atoms with E-state index >= 15 is 0 Å². The molecule has 138 valence electrons. The van der Waals surface area contributed by atoms with Crippen molar-refractivity contribution < 1.29 is 13.3 Å². The van der Waals surface area contributed by atoms with Crippen LogP contribution >= 0.6 is 21.6 Å². The summed E-state index contributed by atoms with van der Waals surface area (Å²) in [4.78, 5) is 0. The van der Waals surface area contributed by atoms with E-state index in [0.717, 1.165) is 24.1 Å². The molecule has 23 heavy (non-hydrogen) atoms. The molecule has 1 fully saturated rings. The summed E-state index contributed by atoms with van der Waals surface area (Å²) in [5.74, 6) is 3.48. The molecule has 0 N–H and O–H groups in total. The molecule has 0 aromatic carbocycles. The van der Waals surface area contributed by atoms with Gasteiger partial charge in [0, 0.05) is 37.4 Å². The third-order valence-electron chi connectivity index (χ3n) is 4.22. The van der Waals surface area contributed by atoms with Crippen LogP contribution in [0.3, 0.4) is 0 Å². The predicted molar refractivity (Wildman–Crippen MR) is 106 cm³/mol. The van der Waals surface area contributed by atoms with Crippen molar-refractivity contribution in [1.82, 2.24) is 0 Å². The summed E-state index contributed by atoms with van der Waals surface area (Å²) in [6.07, 6.45) is 9.85. The van der Waals surface area contributed by atoms with Gasteiger partial charge in [-0.05, 0) is 39.5 Å². The molecule has 1 rings (SSSR count). The fourth-order valence-electron chi connectivity index (χ4n) is 3.16. The average Bonchev–Trinajstić information content (AvgIpc) is 2.56. The van der Waals surface area contributed by atoms with Crippen LogP contribution < -0.4 is 0 Å². The van der Waals surface area contributed by atoms with E-state index in [1.165, 1.54) is 44.3 Å². The molecule has 6 heteroatoms. The van der Waals surface area contributed by atoms with Crippen LogP contribution in [-0.2, 0) is 13.3 Å². The molecule has 0 atom stereocenters. The molecule has 0 saturated heterocycles. The monoisotopic (exact) mass is 380 g/mol. The predicted octanol–water partition coefficient (Wildman–Crippen LogP) is 5.78. The van der Waals surface area contributed by atoms with E-state index in [1.54, 1.807) is 0 Å². The lowest BCUT2D eigenvalue weighted by Gasteiger charge is -2.28. The van der Waals surface area contributed by atoms with E-state index in [1.807, 2.05) is 42.4 Å². The van der Waals surface area contributed by atoms with Gasteiger partial charge in [-0.1, -0.05) is 53.7 Å². The number of hydrogen-bond donors (Lipinski definition) is 0. The van der Waals surface area contributed by atoms with Gasteiger partial charge in [-0.3, -0.25) is 0 Å². The Morgan fingerprint density at radius 2 is 1.39 bits per heavy atom. The second-order valence-corrected chi connectivity index (χ2v) is 11.5. The molecule has 3 nitrogen and oxygen atoms in total. The van der Waals surface area contributed by atoms with Crippen molar-refractivity contribution in [2.75, 3.05) is 31.3 Å². The smallest absolute Gasteiger partial charge is 0.374 e. The van der Waals surface area contributed by atoms with Gasteiger partial charge in [-0.25, -0.2) is 0 Å². The lowest BCUT2D eigenvalue weighted by Crippen LogP contribution is -2.46. The first kappa shape index (κ1) is 21.8. The van der Waals surface area contributed by atoms with Crippen molar-refractivity contribution in [2.24, 2.45) is 5.92 Å². The van der Waals surface area contributed by atoms with Crippen LogP contribution in [-0.4, -0.2) is 40.1 Å². The van der Waals surface area contributed by atoms with Crippen LogP contribution in [0, 0.1) is 5.92 Å². The summed E-state index contributed by atoms with van der Waals surface area (Å²) < 4.78 is 17.7. The largest absolute Gasteiger partial charge is 0.500 e. The molecule has 0 amide bonds. The molecule has 1 saturated carbocycles. The molecule has 0 aromatic heterocycles. The summed E-state index contributed by atoms with van der Waals surface area (Å²) in [6, 6.07) is 0.943. The zero-order valence-corrected chi connectivity index (χ0v) is 17.9. The van der Waals surface area contributed by atoms with Crippen LogP contribution in [0.5, 0.6) is 0 Å². The van der Waals surface area contributed by atoms with Crippen LogP contribution in [0.4, 0.5) is 0 Å². The highest BCUT2D eigenvalue weighted by atomic mass is 33.1. The molecule has 0 aliphatic heterocycles. The van der Waals surface area contributed by atoms with Gasteiger partial charge >= 0.3 is 8.80 Å². The zero-order valence-electron chi connectivity index (χ0n) is 15.3. The Bertz CT molecular complexity index is 260. The van der Waals surface area contributed by atoms with Crippen molar-refractivity contribution >= 4 is 30.4 Å². The molecule has 0 aromatic rings. The Hall–Kier alpha value is 0.797. The number of hydrogen-bond acceptors (Lipinski definition) is 5. The van der Waals surface area contributed by atoms with Gasteiger partial charge in [0.15, 0.2) is 0 Å². The minimum atomic E-state index is -2.41. The van der Waals surface area contributed by atoms with Crippen molar-refractivity contribution in [1.29, 1.82) is 0 Å². The Balaban J connectivity index is 2.10. The molecule has 1 aliphatic rings. The van der Waals surface area contributed by atoms with Gasteiger partial charge < -0.3 is 13.3 Å². The fourth-order valence-corrected chi connectivity index (χ4v) is 8.30. The summed E-state index contributed by atoms with van der Waals surface area (Å²) in [6.45, 7) is 8.10. The maximum Gasteiger partial charge on any atom is 0.500 e. The first-order valence-electron chi connectivity index (χ1n) is 9.42. The van der Waals surface area contributed by atoms with E-state index in [-0.39, 0.29) is 0 Å². The molecule has 1 aliphatic carbocycles. The van der Waals surface area contributed by atoms with Crippen molar-refractivity contribution in [3.63, 3.8) is 0 Å². The Morgan fingerprint density at radius 1 is 0.826 bits per heavy atom. The third kappa shape index (κ3) is 9.75. The summed E-state index contributed by atoms with van der Waals surface area (Å²) >= 11 is 0. The quantitative estimate of drug-likeness (QED) is 0.216. The highest BCUT2D eigenvalue weighted by molar-refractivity contribution is 8.76. The standard InChI is InChI=1S/C17H36O3S2Si/c1-4-18-23(19-5-2,20-6-3)16-10-14-21-22-15-13-17-11-8-7-9-12-17/h17H,4-16H2,1-3H3. The van der Waals surface area contributed by atoms with Gasteiger partial charge in [-0.2, -0.15) is 0 Å². The first-order chi connectivity index (χ1) is 11.3. The van der Waals surface area contributed by atoms with Gasteiger partial charge in [0.25, 0.3) is 0 Å². The first-order valence-corrected chi connectivity index (χ1v) is 13.8. The molecule has 0 heterocycles. The fraction of sp³-hybridized carbons (Fsp3) is 1.00. The molecule has 0 radical (unpaired) electrons. The SMILES string of the molecule is CCO[Si](CCCSSCCC1CCCCC1)(OCC)OCC. The molecular weight excluding hydrogens is 344 g/mol. The van der Waals surface area contributed by atoms with Crippen molar-refractivity contribution in [2.45, 2.75) is 71.8 Å². The lowest BCUT2D eigenvalue weighted by atomic mass is 9.88. The Morgan fingerprint density at radius 3 is 1.96 bits per heavy atom. The average molecular weight is 381 g/mol. The van der Waals surface area contributed by atoms with Crippen LogP contribution in [0.15, 0.2) is 0 Å². The van der Waals surface area contributed by atoms with E-state index in [2.05, 4.69) is 0 Å². The van der Waals surface area contributed by atoms with Crippen molar-refractivity contribution in [3.8, 4) is 0 Å². The maximum atomic E-state index is 5.90. The molecule has 0 bridgehead atoms. The second kappa shape index (κ2) is 14.0.